The highest BCUT2D eigenvalue weighted by molar-refractivity contribution is 5.35. The summed E-state index contributed by atoms with van der Waals surface area (Å²) in [7, 11) is 0. The number of halogens is 2. The number of hydrogen-bond donors (Lipinski definition) is 1. The van der Waals surface area contributed by atoms with Crippen molar-refractivity contribution in [2.24, 2.45) is 29.6 Å². The zero-order chi connectivity index (χ0) is 17.3. The van der Waals surface area contributed by atoms with Crippen LogP contribution < -0.4 is 0 Å². The molecule has 0 radical (unpaired) electrons. The Morgan fingerprint density at radius 1 is 1.00 bits per heavy atom. The van der Waals surface area contributed by atoms with Crippen molar-refractivity contribution in [3.05, 3.63) is 23.3 Å². The highest BCUT2D eigenvalue weighted by Gasteiger charge is 2.36. The van der Waals surface area contributed by atoms with Gasteiger partial charge in [0.1, 0.15) is 5.83 Å². The van der Waals surface area contributed by atoms with Crippen molar-refractivity contribution in [2.45, 2.75) is 77.7 Å². The zero-order valence-electron chi connectivity index (χ0n) is 15.1. The number of hydrogen-bond acceptors (Lipinski definition) is 1. The summed E-state index contributed by atoms with van der Waals surface area (Å²) in [5, 5.41) is 9.71. The minimum absolute atomic E-state index is 0.221. The van der Waals surface area contributed by atoms with Gasteiger partial charge in [0, 0.05) is 5.92 Å². The van der Waals surface area contributed by atoms with E-state index in [4.69, 9.17) is 0 Å². The fraction of sp³-hybridized carbons (Fsp3) is 0.810. The molecular formula is C21H32F2O. The second-order valence-electron chi connectivity index (χ2n) is 8.54. The predicted molar refractivity (Wildman–Crippen MR) is 93.7 cm³/mol. The van der Waals surface area contributed by atoms with Gasteiger partial charge in [0.05, 0.1) is 6.10 Å². The van der Waals surface area contributed by atoms with Crippen molar-refractivity contribution in [3.63, 3.8) is 0 Å². The third-order valence-corrected chi connectivity index (χ3v) is 6.90. The Labute approximate surface area is 145 Å². The highest BCUT2D eigenvalue weighted by atomic mass is 19.2. The molecule has 2 saturated carbocycles. The van der Waals surface area contributed by atoms with E-state index in [1.807, 2.05) is 13.0 Å². The monoisotopic (exact) mass is 338 g/mol. The molecule has 0 spiro atoms. The fourth-order valence-electron chi connectivity index (χ4n) is 5.09. The van der Waals surface area contributed by atoms with E-state index in [9.17, 15) is 13.9 Å². The molecule has 2 fully saturated rings. The first-order valence-electron chi connectivity index (χ1n) is 9.91. The summed E-state index contributed by atoms with van der Waals surface area (Å²) in [6, 6.07) is 0. The van der Waals surface area contributed by atoms with Crippen LogP contribution in [0, 0.1) is 29.6 Å². The first kappa shape index (κ1) is 18.1. The standard InChI is InChI=1S/C21H32F2O/c1-13-3-5-16(6-4-13)18-11-12-19(21(23)20(18)22)17-9-7-15(8-10-17)14(2)24/h11,13-17,19,24H,3-10,12H2,1-2H3/t13?,14-,15?,16?,17?,19+/m0/s1. The van der Waals surface area contributed by atoms with Gasteiger partial charge in [-0.1, -0.05) is 25.8 Å². The van der Waals surface area contributed by atoms with Crippen molar-refractivity contribution >= 4 is 0 Å². The van der Waals surface area contributed by atoms with E-state index in [1.165, 1.54) is 0 Å². The van der Waals surface area contributed by atoms with Crippen LogP contribution >= 0.6 is 0 Å². The molecule has 3 heteroatoms. The molecule has 0 bridgehead atoms. The van der Waals surface area contributed by atoms with Crippen LogP contribution in [0.1, 0.15) is 71.6 Å². The maximum absolute atomic E-state index is 14.8. The summed E-state index contributed by atoms with van der Waals surface area (Å²) in [6.45, 7) is 4.09. The SMILES string of the molecule is CC1CCC(C2=CC[C@H](C3CCC([C@H](C)O)CC3)C(F)=C2F)CC1. The second kappa shape index (κ2) is 7.68. The molecule has 1 N–H and O–H groups in total. The van der Waals surface area contributed by atoms with E-state index in [-0.39, 0.29) is 23.9 Å². The van der Waals surface area contributed by atoms with Gasteiger partial charge >= 0.3 is 0 Å². The molecule has 1 nitrogen and oxygen atoms in total. The quantitative estimate of drug-likeness (QED) is 0.659. The molecule has 0 aromatic rings. The van der Waals surface area contributed by atoms with Crippen molar-refractivity contribution in [1.82, 2.24) is 0 Å². The molecule has 0 heterocycles. The van der Waals surface area contributed by atoms with Crippen molar-refractivity contribution < 1.29 is 13.9 Å². The van der Waals surface area contributed by atoms with Gasteiger partial charge < -0.3 is 5.11 Å². The molecule has 3 rings (SSSR count). The molecular weight excluding hydrogens is 306 g/mol. The lowest BCUT2D eigenvalue weighted by molar-refractivity contribution is 0.0783. The summed E-state index contributed by atoms with van der Waals surface area (Å²) >= 11 is 0. The van der Waals surface area contributed by atoms with E-state index in [2.05, 4.69) is 6.92 Å². The first-order valence-corrected chi connectivity index (χ1v) is 9.91. The maximum atomic E-state index is 14.8. The Morgan fingerprint density at radius 3 is 2.21 bits per heavy atom. The lowest BCUT2D eigenvalue weighted by atomic mass is 9.70. The van der Waals surface area contributed by atoms with Gasteiger partial charge in [-0.15, -0.1) is 0 Å². The minimum atomic E-state index is -0.538. The van der Waals surface area contributed by atoms with Gasteiger partial charge in [-0.2, -0.15) is 0 Å². The molecule has 0 aromatic heterocycles. The summed E-state index contributed by atoms with van der Waals surface area (Å²) in [5.74, 6) is 0.214. The molecule has 3 aliphatic rings. The summed E-state index contributed by atoms with van der Waals surface area (Å²) < 4.78 is 29.5. The first-order chi connectivity index (χ1) is 11.5. The van der Waals surface area contributed by atoms with Gasteiger partial charge in [0.25, 0.3) is 0 Å². The minimum Gasteiger partial charge on any atom is -0.393 e. The normalized spacial score (nSPS) is 39.5. The van der Waals surface area contributed by atoms with Gasteiger partial charge in [-0.3, -0.25) is 0 Å². The molecule has 0 aromatic carbocycles. The van der Waals surface area contributed by atoms with E-state index in [0.29, 0.717) is 17.9 Å². The average Bonchev–Trinajstić information content (AvgIpc) is 2.58. The third-order valence-electron chi connectivity index (χ3n) is 6.90. The largest absolute Gasteiger partial charge is 0.393 e. The van der Waals surface area contributed by atoms with Gasteiger partial charge in [0.2, 0.25) is 0 Å². The van der Waals surface area contributed by atoms with Crippen LogP contribution in [0.25, 0.3) is 0 Å². The maximum Gasteiger partial charge on any atom is 0.158 e. The van der Waals surface area contributed by atoms with Gasteiger partial charge in [-0.05, 0) is 81.1 Å². The molecule has 3 aliphatic carbocycles. The Morgan fingerprint density at radius 2 is 1.62 bits per heavy atom. The van der Waals surface area contributed by atoms with Crippen LogP contribution in [0.2, 0.25) is 0 Å². The molecule has 24 heavy (non-hydrogen) atoms. The molecule has 0 saturated heterocycles. The molecule has 136 valence electrons. The molecule has 0 aliphatic heterocycles. The Kier molecular flexibility index (Phi) is 5.79. The Balaban J connectivity index is 1.63. The van der Waals surface area contributed by atoms with Crippen LogP contribution in [0.4, 0.5) is 8.78 Å². The smallest absolute Gasteiger partial charge is 0.158 e. The lowest BCUT2D eigenvalue weighted by Crippen LogP contribution is -2.28. The number of rotatable bonds is 3. The highest BCUT2D eigenvalue weighted by Crippen LogP contribution is 2.46. The third kappa shape index (κ3) is 3.76. The average molecular weight is 338 g/mol. The van der Waals surface area contributed by atoms with E-state index >= 15 is 0 Å². The van der Waals surface area contributed by atoms with Crippen LogP contribution in [-0.2, 0) is 0 Å². The van der Waals surface area contributed by atoms with Crippen LogP contribution in [-0.4, -0.2) is 11.2 Å². The zero-order valence-corrected chi connectivity index (χ0v) is 15.1. The molecule has 0 unspecified atom stereocenters. The second-order valence-corrected chi connectivity index (χ2v) is 8.54. The Bertz CT molecular complexity index is 492. The Hall–Kier alpha value is -0.700. The number of aliphatic hydroxyl groups is 1. The fourth-order valence-corrected chi connectivity index (χ4v) is 5.09. The van der Waals surface area contributed by atoms with Crippen LogP contribution in [0.15, 0.2) is 23.3 Å². The molecule has 2 atom stereocenters. The van der Waals surface area contributed by atoms with Gasteiger partial charge in [-0.25, -0.2) is 8.78 Å². The summed E-state index contributed by atoms with van der Waals surface area (Å²) in [5.41, 5.74) is 0.660. The van der Waals surface area contributed by atoms with E-state index in [0.717, 1.165) is 57.3 Å². The van der Waals surface area contributed by atoms with Crippen LogP contribution in [0.3, 0.4) is 0 Å². The lowest BCUT2D eigenvalue weighted by Gasteiger charge is -2.36. The van der Waals surface area contributed by atoms with Crippen LogP contribution in [0.5, 0.6) is 0 Å². The summed E-state index contributed by atoms with van der Waals surface area (Å²) in [6.07, 6.45) is 10.3. The van der Waals surface area contributed by atoms with Gasteiger partial charge in [0.15, 0.2) is 5.83 Å². The topological polar surface area (TPSA) is 20.2 Å². The predicted octanol–water partition coefficient (Wildman–Crippen LogP) is 6.10. The van der Waals surface area contributed by atoms with E-state index in [1.54, 1.807) is 0 Å². The summed E-state index contributed by atoms with van der Waals surface area (Å²) in [4.78, 5) is 0. The van der Waals surface area contributed by atoms with E-state index < -0.39 is 11.7 Å². The number of aliphatic hydroxyl groups excluding tert-OH is 1. The van der Waals surface area contributed by atoms with Crippen molar-refractivity contribution in [3.8, 4) is 0 Å². The molecule has 0 amide bonds. The van der Waals surface area contributed by atoms with Crippen molar-refractivity contribution in [2.75, 3.05) is 0 Å². The van der Waals surface area contributed by atoms with Crippen molar-refractivity contribution in [1.29, 1.82) is 0 Å². The number of allylic oxidation sites excluding steroid dienone is 4.